The number of rotatable bonds is 4. The molecular weight excluding hydrogens is 362 g/mol. The lowest BCUT2D eigenvalue weighted by Crippen LogP contribution is -2.46. The molecule has 0 atom stereocenters. The second-order valence-corrected chi connectivity index (χ2v) is 9.72. The van der Waals surface area contributed by atoms with E-state index >= 15 is 0 Å². The molecule has 0 bridgehead atoms. The summed E-state index contributed by atoms with van der Waals surface area (Å²) < 4.78 is 0. The maximum absolute atomic E-state index is 12.9. The van der Waals surface area contributed by atoms with Crippen LogP contribution in [0.25, 0.3) is 0 Å². The smallest absolute Gasteiger partial charge is 0.227 e. The van der Waals surface area contributed by atoms with Crippen molar-refractivity contribution in [3.8, 4) is 0 Å². The summed E-state index contributed by atoms with van der Waals surface area (Å²) in [5.41, 5.74) is 2.11. The molecule has 5 nitrogen and oxygen atoms in total. The highest BCUT2D eigenvalue weighted by Crippen LogP contribution is 2.25. The predicted molar refractivity (Wildman–Crippen MR) is 118 cm³/mol. The molecule has 1 aromatic rings. The van der Waals surface area contributed by atoms with Gasteiger partial charge in [-0.15, -0.1) is 0 Å². The van der Waals surface area contributed by atoms with Crippen LogP contribution in [0.2, 0.25) is 0 Å². The Morgan fingerprint density at radius 2 is 1.55 bits per heavy atom. The summed E-state index contributed by atoms with van der Waals surface area (Å²) in [5, 5.41) is 0. The van der Waals surface area contributed by atoms with Crippen molar-refractivity contribution in [1.82, 2.24) is 9.80 Å². The van der Waals surface area contributed by atoms with Gasteiger partial charge in [0.1, 0.15) is 0 Å². The Kier molecular flexibility index (Phi) is 6.86. The van der Waals surface area contributed by atoms with Gasteiger partial charge in [-0.25, -0.2) is 0 Å². The summed E-state index contributed by atoms with van der Waals surface area (Å²) in [6.07, 6.45) is 5.42. The quantitative estimate of drug-likeness (QED) is 0.771. The van der Waals surface area contributed by atoms with Crippen LogP contribution in [0.5, 0.6) is 0 Å². The van der Waals surface area contributed by atoms with Gasteiger partial charge in [0.05, 0.1) is 0 Å². The molecule has 2 fully saturated rings. The fraction of sp³-hybridized carbons (Fsp3) is 0.667. The SMILES string of the molecule is CN(Cc1ccc(N2CCCCC2)cc1)C(=O)C1CCN(C(=O)C(C)(C)C)CC1. The molecule has 0 saturated carbocycles. The molecule has 2 heterocycles. The first-order valence-electron chi connectivity index (χ1n) is 11.1. The lowest BCUT2D eigenvalue weighted by molar-refractivity contribution is -0.144. The predicted octanol–water partition coefficient (Wildman–Crippen LogP) is 3.92. The number of carbonyl (C=O) groups is 2. The zero-order valence-corrected chi connectivity index (χ0v) is 18.6. The van der Waals surface area contributed by atoms with Crippen LogP contribution in [0, 0.1) is 11.3 Å². The van der Waals surface area contributed by atoms with Crippen molar-refractivity contribution >= 4 is 17.5 Å². The molecule has 0 aliphatic carbocycles. The van der Waals surface area contributed by atoms with Gasteiger partial charge in [0, 0.05) is 56.8 Å². The maximum atomic E-state index is 12.9. The Labute approximate surface area is 176 Å². The highest BCUT2D eigenvalue weighted by molar-refractivity contribution is 5.82. The number of hydrogen-bond acceptors (Lipinski definition) is 3. The molecule has 0 spiro atoms. The lowest BCUT2D eigenvalue weighted by Gasteiger charge is -2.36. The van der Waals surface area contributed by atoms with E-state index in [0.29, 0.717) is 19.6 Å². The van der Waals surface area contributed by atoms with E-state index in [-0.39, 0.29) is 23.1 Å². The average Bonchev–Trinajstić information content (AvgIpc) is 2.73. The van der Waals surface area contributed by atoms with Gasteiger partial charge in [-0.05, 0) is 49.8 Å². The normalized spacial score (nSPS) is 18.6. The highest BCUT2D eigenvalue weighted by atomic mass is 16.2. The molecule has 0 N–H and O–H groups in total. The van der Waals surface area contributed by atoms with Gasteiger partial charge in [-0.1, -0.05) is 32.9 Å². The van der Waals surface area contributed by atoms with Gasteiger partial charge in [-0.2, -0.15) is 0 Å². The van der Waals surface area contributed by atoms with Gasteiger partial charge >= 0.3 is 0 Å². The van der Waals surface area contributed by atoms with Gasteiger partial charge in [-0.3, -0.25) is 9.59 Å². The molecular formula is C24H37N3O2. The minimum absolute atomic E-state index is 0.0247. The van der Waals surface area contributed by atoms with Crippen LogP contribution in [0.3, 0.4) is 0 Å². The van der Waals surface area contributed by atoms with Crippen LogP contribution in [0.4, 0.5) is 5.69 Å². The van der Waals surface area contributed by atoms with Crippen molar-refractivity contribution < 1.29 is 9.59 Å². The molecule has 29 heavy (non-hydrogen) atoms. The Balaban J connectivity index is 1.50. The fourth-order valence-corrected chi connectivity index (χ4v) is 4.43. The summed E-state index contributed by atoms with van der Waals surface area (Å²) >= 11 is 0. The van der Waals surface area contributed by atoms with E-state index in [1.54, 1.807) is 0 Å². The second kappa shape index (κ2) is 9.19. The van der Waals surface area contributed by atoms with Gasteiger partial charge in [0.2, 0.25) is 11.8 Å². The third kappa shape index (κ3) is 5.52. The first kappa shape index (κ1) is 21.7. The first-order chi connectivity index (χ1) is 13.8. The molecule has 1 aromatic carbocycles. The molecule has 2 amide bonds. The van der Waals surface area contributed by atoms with Gasteiger partial charge < -0.3 is 14.7 Å². The van der Waals surface area contributed by atoms with Crippen LogP contribution in [0.15, 0.2) is 24.3 Å². The van der Waals surface area contributed by atoms with Crippen LogP contribution < -0.4 is 4.90 Å². The first-order valence-corrected chi connectivity index (χ1v) is 11.1. The van der Waals surface area contributed by atoms with Crippen LogP contribution >= 0.6 is 0 Å². The molecule has 0 aromatic heterocycles. The van der Waals surface area contributed by atoms with E-state index in [1.807, 2.05) is 37.6 Å². The van der Waals surface area contributed by atoms with E-state index in [1.165, 1.54) is 30.5 Å². The number of carbonyl (C=O) groups excluding carboxylic acids is 2. The Hall–Kier alpha value is -2.04. The minimum atomic E-state index is -0.353. The topological polar surface area (TPSA) is 43.9 Å². The van der Waals surface area contributed by atoms with Crippen molar-refractivity contribution in [3.05, 3.63) is 29.8 Å². The Morgan fingerprint density at radius 1 is 0.966 bits per heavy atom. The van der Waals surface area contributed by atoms with Crippen molar-refractivity contribution in [2.75, 3.05) is 38.1 Å². The second-order valence-electron chi connectivity index (χ2n) is 9.72. The maximum Gasteiger partial charge on any atom is 0.227 e. The third-order valence-corrected chi connectivity index (χ3v) is 6.23. The van der Waals surface area contributed by atoms with E-state index in [4.69, 9.17) is 0 Å². The van der Waals surface area contributed by atoms with E-state index in [2.05, 4.69) is 29.2 Å². The third-order valence-electron chi connectivity index (χ3n) is 6.23. The molecule has 0 unspecified atom stereocenters. The zero-order valence-electron chi connectivity index (χ0n) is 18.6. The van der Waals surface area contributed by atoms with E-state index in [0.717, 1.165) is 25.9 Å². The number of likely N-dealkylation sites (tertiary alicyclic amines) is 1. The van der Waals surface area contributed by atoms with Crippen LogP contribution in [-0.4, -0.2) is 54.8 Å². The van der Waals surface area contributed by atoms with Crippen LogP contribution in [-0.2, 0) is 16.1 Å². The van der Waals surface area contributed by atoms with Crippen molar-refractivity contribution in [2.45, 2.75) is 59.4 Å². The number of anilines is 1. The summed E-state index contributed by atoms with van der Waals surface area (Å²) in [4.78, 5) is 31.6. The zero-order chi connectivity index (χ0) is 21.0. The summed E-state index contributed by atoms with van der Waals surface area (Å²) in [6.45, 7) is 10.2. The largest absolute Gasteiger partial charge is 0.372 e. The molecule has 3 rings (SSSR count). The number of piperidine rings is 2. The standard InChI is InChI=1S/C24H37N3O2/c1-24(2,3)23(29)27-16-12-20(13-17-27)22(28)25(4)18-19-8-10-21(11-9-19)26-14-6-5-7-15-26/h8-11,20H,5-7,12-18H2,1-4H3. The number of benzene rings is 1. The van der Waals surface area contributed by atoms with Crippen molar-refractivity contribution in [2.24, 2.45) is 11.3 Å². The van der Waals surface area contributed by atoms with E-state index in [9.17, 15) is 9.59 Å². The summed E-state index contributed by atoms with van der Waals surface area (Å²) in [5.74, 6) is 0.412. The Bertz CT molecular complexity index is 694. The molecule has 0 radical (unpaired) electrons. The van der Waals surface area contributed by atoms with Crippen molar-refractivity contribution in [3.63, 3.8) is 0 Å². The fourth-order valence-electron chi connectivity index (χ4n) is 4.43. The van der Waals surface area contributed by atoms with Gasteiger partial charge in [0.25, 0.3) is 0 Å². The minimum Gasteiger partial charge on any atom is -0.372 e. The number of nitrogens with zero attached hydrogens (tertiary/aromatic N) is 3. The molecule has 2 saturated heterocycles. The Morgan fingerprint density at radius 3 is 2.10 bits per heavy atom. The van der Waals surface area contributed by atoms with Crippen molar-refractivity contribution in [1.29, 1.82) is 0 Å². The molecule has 2 aliphatic rings. The van der Waals surface area contributed by atoms with E-state index < -0.39 is 0 Å². The van der Waals surface area contributed by atoms with Gasteiger partial charge in [0.15, 0.2) is 0 Å². The summed E-state index contributed by atoms with van der Waals surface area (Å²) in [7, 11) is 1.90. The molecule has 5 heteroatoms. The van der Waals surface area contributed by atoms with Crippen LogP contribution in [0.1, 0.15) is 58.4 Å². The average molecular weight is 400 g/mol. The summed E-state index contributed by atoms with van der Waals surface area (Å²) in [6, 6.07) is 8.68. The number of hydrogen-bond donors (Lipinski definition) is 0. The molecule has 160 valence electrons. The highest BCUT2D eigenvalue weighted by Gasteiger charge is 2.33. The molecule has 2 aliphatic heterocycles. The lowest BCUT2D eigenvalue weighted by atomic mass is 9.90. The number of amides is 2. The monoisotopic (exact) mass is 399 g/mol.